The summed E-state index contributed by atoms with van der Waals surface area (Å²) in [5, 5.41) is 0. The Hall–Kier alpha value is 0.140. The molecule has 2 rings (SSSR count). The first-order chi connectivity index (χ1) is 7.12. The molecule has 0 saturated heterocycles. The van der Waals surface area contributed by atoms with Crippen LogP contribution in [0.3, 0.4) is 0 Å². The van der Waals surface area contributed by atoms with Crippen LogP contribution in [0.15, 0.2) is 15.9 Å². The fourth-order valence-electron chi connectivity index (χ4n) is 2.51. The molecule has 0 amide bonds. The van der Waals surface area contributed by atoms with Crippen molar-refractivity contribution < 1.29 is 0 Å². The normalized spacial score (nSPS) is 22.6. The summed E-state index contributed by atoms with van der Waals surface area (Å²) in [6.07, 6.45) is 6.64. The molecule has 15 heavy (non-hydrogen) atoms. The van der Waals surface area contributed by atoms with Gasteiger partial charge in [-0.2, -0.15) is 0 Å². The summed E-state index contributed by atoms with van der Waals surface area (Å²) in [6, 6.07) is 4.49. The maximum Gasteiger partial charge on any atom is 0.0701 e. The minimum atomic E-state index is 0.217. The lowest BCUT2D eigenvalue weighted by atomic mass is 9.70. The highest BCUT2D eigenvalue weighted by Gasteiger charge is 2.34. The van der Waals surface area contributed by atoms with Crippen LogP contribution >= 0.6 is 27.3 Å². The Bertz CT molecular complexity index is 328. The SMILES string of the molecule is CC1(C(N)c2ccc(Br)s2)CCCCC1. The summed E-state index contributed by atoms with van der Waals surface area (Å²) >= 11 is 5.28. The zero-order valence-electron chi connectivity index (χ0n) is 9.13. The minimum absolute atomic E-state index is 0.217. The van der Waals surface area contributed by atoms with E-state index >= 15 is 0 Å². The number of hydrogen-bond acceptors (Lipinski definition) is 2. The molecule has 1 unspecified atom stereocenters. The maximum atomic E-state index is 6.41. The van der Waals surface area contributed by atoms with Gasteiger partial charge in [0.15, 0.2) is 0 Å². The van der Waals surface area contributed by atoms with Gasteiger partial charge in [-0.3, -0.25) is 0 Å². The van der Waals surface area contributed by atoms with Gasteiger partial charge in [-0.1, -0.05) is 26.2 Å². The third-order valence-corrected chi connectivity index (χ3v) is 5.35. The van der Waals surface area contributed by atoms with E-state index in [1.807, 2.05) is 0 Å². The molecule has 1 fully saturated rings. The topological polar surface area (TPSA) is 26.0 Å². The first-order valence-corrected chi connectivity index (χ1v) is 7.24. The largest absolute Gasteiger partial charge is 0.323 e. The highest BCUT2D eigenvalue weighted by atomic mass is 79.9. The Morgan fingerprint density at radius 1 is 1.33 bits per heavy atom. The third-order valence-electron chi connectivity index (χ3n) is 3.65. The van der Waals surface area contributed by atoms with Crippen molar-refractivity contribution >= 4 is 27.3 Å². The summed E-state index contributed by atoms with van der Waals surface area (Å²) in [4.78, 5) is 1.33. The van der Waals surface area contributed by atoms with Crippen molar-refractivity contribution in [3.63, 3.8) is 0 Å². The van der Waals surface area contributed by atoms with Gasteiger partial charge in [0.2, 0.25) is 0 Å². The number of rotatable bonds is 2. The fourth-order valence-corrected chi connectivity index (χ4v) is 4.11. The molecule has 1 nitrogen and oxygen atoms in total. The molecular weight excluding hydrogens is 270 g/mol. The predicted molar refractivity (Wildman–Crippen MR) is 70.1 cm³/mol. The molecule has 1 aromatic heterocycles. The quantitative estimate of drug-likeness (QED) is 0.853. The van der Waals surface area contributed by atoms with E-state index in [2.05, 4.69) is 35.0 Å². The third kappa shape index (κ3) is 2.45. The van der Waals surface area contributed by atoms with Crippen LogP contribution in [0.2, 0.25) is 0 Å². The van der Waals surface area contributed by atoms with Crippen molar-refractivity contribution in [1.29, 1.82) is 0 Å². The summed E-state index contributed by atoms with van der Waals surface area (Å²) in [5.74, 6) is 0. The number of hydrogen-bond donors (Lipinski definition) is 1. The maximum absolute atomic E-state index is 6.41. The van der Waals surface area contributed by atoms with Crippen molar-refractivity contribution in [2.45, 2.75) is 45.1 Å². The van der Waals surface area contributed by atoms with Gasteiger partial charge in [0.05, 0.1) is 3.79 Å². The van der Waals surface area contributed by atoms with E-state index < -0.39 is 0 Å². The zero-order chi connectivity index (χ0) is 10.9. The second-order valence-corrected chi connectivity index (χ2v) is 7.33. The smallest absolute Gasteiger partial charge is 0.0701 e. The van der Waals surface area contributed by atoms with Crippen molar-refractivity contribution in [3.05, 3.63) is 20.8 Å². The van der Waals surface area contributed by atoms with E-state index in [9.17, 15) is 0 Å². The lowest BCUT2D eigenvalue weighted by molar-refractivity contribution is 0.172. The molecular formula is C12H18BrNS. The van der Waals surface area contributed by atoms with Gasteiger partial charge in [-0.05, 0) is 46.3 Å². The van der Waals surface area contributed by atoms with Crippen LogP contribution in [-0.4, -0.2) is 0 Å². The molecule has 3 heteroatoms. The van der Waals surface area contributed by atoms with Gasteiger partial charge in [0, 0.05) is 10.9 Å². The first kappa shape index (κ1) is 11.6. The lowest BCUT2D eigenvalue weighted by Crippen LogP contribution is -2.33. The molecule has 1 aromatic rings. The average molecular weight is 288 g/mol. The van der Waals surface area contributed by atoms with Crippen LogP contribution in [-0.2, 0) is 0 Å². The Kier molecular flexibility index (Phi) is 3.53. The minimum Gasteiger partial charge on any atom is -0.323 e. The highest BCUT2D eigenvalue weighted by Crippen LogP contribution is 2.46. The van der Waals surface area contributed by atoms with Crippen molar-refractivity contribution in [2.24, 2.45) is 11.1 Å². The Balaban J connectivity index is 2.15. The molecule has 0 bridgehead atoms. The molecule has 2 N–H and O–H groups in total. The lowest BCUT2D eigenvalue weighted by Gasteiger charge is -2.38. The van der Waals surface area contributed by atoms with Crippen LogP contribution in [0, 0.1) is 5.41 Å². The number of halogens is 1. The van der Waals surface area contributed by atoms with Crippen LogP contribution in [0.5, 0.6) is 0 Å². The molecule has 0 aromatic carbocycles. The van der Waals surface area contributed by atoms with Gasteiger partial charge in [0.25, 0.3) is 0 Å². The van der Waals surface area contributed by atoms with Gasteiger partial charge in [-0.25, -0.2) is 0 Å². The van der Waals surface area contributed by atoms with Crippen LogP contribution in [0.25, 0.3) is 0 Å². The molecule has 0 spiro atoms. The highest BCUT2D eigenvalue weighted by molar-refractivity contribution is 9.11. The van der Waals surface area contributed by atoms with Crippen molar-refractivity contribution in [1.82, 2.24) is 0 Å². The average Bonchev–Trinajstić information content (AvgIpc) is 2.65. The molecule has 84 valence electrons. The molecule has 1 atom stereocenters. The van der Waals surface area contributed by atoms with E-state index in [0.717, 1.165) is 0 Å². The van der Waals surface area contributed by atoms with Crippen molar-refractivity contribution in [2.75, 3.05) is 0 Å². The molecule has 1 aliphatic rings. The molecule has 0 aliphatic heterocycles. The second kappa shape index (κ2) is 4.56. The standard InChI is InChI=1S/C12H18BrNS/c1-12(7-3-2-4-8-12)11(14)9-5-6-10(13)15-9/h5-6,11H,2-4,7-8,14H2,1H3. The van der Waals surface area contributed by atoms with Crippen molar-refractivity contribution in [3.8, 4) is 0 Å². The van der Waals surface area contributed by atoms with Gasteiger partial charge < -0.3 is 5.73 Å². The van der Waals surface area contributed by atoms with Gasteiger partial charge >= 0.3 is 0 Å². The van der Waals surface area contributed by atoms with Crippen LogP contribution in [0.1, 0.15) is 49.9 Å². The van der Waals surface area contributed by atoms with Gasteiger partial charge in [-0.15, -0.1) is 11.3 Å². The predicted octanol–water partition coefficient (Wildman–Crippen LogP) is 4.48. The van der Waals surface area contributed by atoms with Gasteiger partial charge in [0.1, 0.15) is 0 Å². The Morgan fingerprint density at radius 2 is 2.00 bits per heavy atom. The van der Waals surface area contributed by atoms with E-state index in [0.29, 0.717) is 5.41 Å². The summed E-state index contributed by atoms with van der Waals surface area (Å²) in [5.41, 5.74) is 6.73. The first-order valence-electron chi connectivity index (χ1n) is 5.63. The molecule has 1 heterocycles. The van der Waals surface area contributed by atoms with Crippen LogP contribution < -0.4 is 5.73 Å². The monoisotopic (exact) mass is 287 g/mol. The van der Waals surface area contributed by atoms with E-state index in [-0.39, 0.29) is 6.04 Å². The summed E-state index contributed by atoms with van der Waals surface area (Å²) in [7, 11) is 0. The second-order valence-electron chi connectivity index (χ2n) is 4.83. The Labute approximate surface area is 104 Å². The molecule has 1 aliphatic carbocycles. The fraction of sp³-hybridized carbons (Fsp3) is 0.667. The summed E-state index contributed by atoms with van der Waals surface area (Å²) in [6.45, 7) is 2.35. The van der Waals surface area contributed by atoms with E-state index in [1.54, 1.807) is 11.3 Å². The number of thiophene rings is 1. The van der Waals surface area contributed by atoms with Crippen LogP contribution in [0.4, 0.5) is 0 Å². The Morgan fingerprint density at radius 3 is 2.53 bits per heavy atom. The zero-order valence-corrected chi connectivity index (χ0v) is 11.5. The summed E-state index contributed by atoms with van der Waals surface area (Å²) < 4.78 is 1.19. The number of nitrogens with two attached hydrogens (primary N) is 1. The molecule has 0 radical (unpaired) electrons. The molecule has 1 saturated carbocycles. The van der Waals surface area contributed by atoms with E-state index in [1.165, 1.54) is 40.8 Å². The van der Waals surface area contributed by atoms with E-state index in [4.69, 9.17) is 5.73 Å².